The summed E-state index contributed by atoms with van der Waals surface area (Å²) in [6, 6.07) is 23.3. The van der Waals surface area contributed by atoms with Crippen molar-refractivity contribution in [1.29, 1.82) is 0 Å². The minimum absolute atomic E-state index is 0.130. The molecule has 0 bridgehead atoms. The number of carbonyl (C=O) groups is 2. The van der Waals surface area contributed by atoms with E-state index in [0.29, 0.717) is 58.5 Å². The number of phenols is 1. The molecule has 8 heteroatoms. The molecule has 3 aromatic carbocycles. The number of aromatic nitrogens is 1. The van der Waals surface area contributed by atoms with Crippen molar-refractivity contribution in [1.82, 2.24) is 15.2 Å². The van der Waals surface area contributed by atoms with E-state index in [1.807, 2.05) is 30.3 Å². The van der Waals surface area contributed by atoms with Crippen LogP contribution in [0.5, 0.6) is 5.75 Å². The van der Waals surface area contributed by atoms with Gasteiger partial charge in [-0.25, -0.2) is 0 Å². The number of halogens is 2. The Morgan fingerprint density at radius 3 is 2.26 bits per heavy atom. The molecule has 4 aromatic rings. The van der Waals surface area contributed by atoms with Gasteiger partial charge in [-0.2, -0.15) is 0 Å². The van der Waals surface area contributed by atoms with Crippen LogP contribution in [-0.2, 0) is 17.3 Å². The molecule has 194 valence electrons. The summed E-state index contributed by atoms with van der Waals surface area (Å²) in [7, 11) is 1.77. The number of nitrogens with one attached hydrogen (secondary N) is 2. The van der Waals surface area contributed by atoms with Crippen molar-refractivity contribution in [2.24, 2.45) is 7.05 Å². The van der Waals surface area contributed by atoms with Crippen LogP contribution in [0.2, 0.25) is 10.0 Å². The van der Waals surface area contributed by atoms with Gasteiger partial charge in [0.2, 0.25) is 5.91 Å². The molecular formula is C30H27Cl2N3O3. The number of nitrogens with zero attached hydrogens (tertiary/aromatic N) is 1. The Bertz CT molecular complexity index is 1490. The molecule has 0 atom stereocenters. The molecule has 38 heavy (non-hydrogen) atoms. The molecule has 1 saturated heterocycles. The van der Waals surface area contributed by atoms with Crippen LogP contribution in [0.4, 0.5) is 0 Å². The Morgan fingerprint density at radius 1 is 0.921 bits per heavy atom. The van der Waals surface area contributed by atoms with E-state index in [2.05, 4.69) is 10.6 Å². The number of piperidine rings is 1. The summed E-state index contributed by atoms with van der Waals surface area (Å²) < 4.78 is 1.74. The fraction of sp³-hybridized carbons (Fsp3) is 0.200. The molecule has 0 aliphatic carbocycles. The van der Waals surface area contributed by atoms with Crippen LogP contribution < -0.4 is 10.6 Å². The number of hydrogen-bond donors (Lipinski definition) is 3. The molecule has 1 aromatic heterocycles. The summed E-state index contributed by atoms with van der Waals surface area (Å²) >= 11 is 12.7. The van der Waals surface area contributed by atoms with Crippen molar-refractivity contribution in [2.45, 2.75) is 18.3 Å². The van der Waals surface area contributed by atoms with Gasteiger partial charge in [0.15, 0.2) is 0 Å². The second-order valence-corrected chi connectivity index (χ2v) is 10.3. The smallest absolute Gasteiger partial charge is 0.274 e. The second-order valence-electron chi connectivity index (χ2n) is 9.50. The Balaban J connectivity index is 1.56. The van der Waals surface area contributed by atoms with Crippen LogP contribution in [0.3, 0.4) is 0 Å². The zero-order chi connectivity index (χ0) is 26.9. The molecule has 2 heterocycles. The fourth-order valence-electron chi connectivity index (χ4n) is 5.25. The molecule has 0 radical (unpaired) electrons. The van der Waals surface area contributed by atoms with E-state index in [0.717, 1.165) is 11.1 Å². The maximum Gasteiger partial charge on any atom is 0.274 e. The minimum atomic E-state index is -0.796. The molecule has 0 saturated carbocycles. The summed E-state index contributed by atoms with van der Waals surface area (Å²) in [4.78, 5) is 27.4. The van der Waals surface area contributed by atoms with E-state index in [1.54, 1.807) is 60.1 Å². The van der Waals surface area contributed by atoms with Gasteiger partial charge in [-0.05, 0) is 79.5 Å². The maximum absolute atomic E-state index is 13.7. The summed E-state index contributed by atoms with van der Waals surface area (Å²) in [6.07, 6.45) is 1.18. The predicted molar refractivity (Wildman–Crippen MR) is 151 cm³/mol. The Hall–Kier alpha value is -3.58. The molecule has 1 aliphatic heterocycles. The number of phenolic OH excluding ortho intramolecular Hbond substituents is 1. The van der Waals surface area contributed by atoms with Gasteiger partial charge < -0.3 is 15.0 Å². The van der Waals surface area contributed by atoms with Gasteiger partial charge in [-0.1, -0.05) is 59.6 Å². The zero-order valence-electron chi connectivity index (χ0n) is 20.8. The van der Waals surface area contributed by atoms with Gasteiger partial charge in [0.05, 0.1) is 11.1 Å². The third-order valence-corrected chi connectivity index (χ3v) is 7.82. The molecule has 6 nitrogen and oxygen atoms in total. The van der Waals surface area contributed by atoms with Crippen molar-refractivity contribution in [2.75, 3.05) is 13.1 Å². The number of carbonyl (C=O) groups excluding carboxylic acids is 2. The highest BCUT2D eigenvalue weighted by atomic mass is 35.5. The number of hydrogen-bond acceptors (Lipinski definition) is 4. The highest BCUT2D eigenvalue weighted by Gasteiger charge is 2.42. The second kappa shape index (κ2) is 10.7. The lowest BCUT2D eigenvalue weighted by Gasteiger charge is -2.36. The Labute approximate surface area is 231 Å². The van der Waals surface area contributed by atoms with E-state index in [-0.39, 0.29) is 11.7 Å². The van der Waals surface area contributed by atoms with Crippen LogP contribution >= 0.6 is 23.2 Å². The number of imide groups is 1. The van der Waals surface area contributed by atoms with E-state index in [1.165, 1.54) is 0 Å². The first-order valence-corrected chi connectivity index (χ1v) is 13.1. The van der Waals surface area contributed by atoms with E-state index >= 15 is 0 Å². The first-order valence-electron chi connectivity index (χ1n) is 12.4. The van der Waals surface area contributed by atoms with Crippen molar-refractivity contribution < 1.29 is 14.7 Å². The first-order chi connectivity index (χ1) is 18.3. The van der Waals surface area contributed by atoms with Crippen molar-refractivity contribution in [3.63, 3.8) is 0 Å². The van der Waals surface area contributed by atoms with Gasteiger partial charge in [0.25, 0.3) is 5.91 Å². The van der Waals surface area contributed by atoms with Crippen LogP contribution in [0.1, 0.15) is 28.9 Å². The number of benzene rings is 3. The van der Waals surface area contributed by atoms with E-state index in [4.69, 9.17) is 23.2 Å². The lowest BCUT2D eigenvalue weighted by molar-refractivity contribution is -0.126. The predicted octanol–water partition coefficient (Wildman–Crippen LogP) is 5.95. The van der Waals surface area contributed by atoms with Crippen LogP contribution in [0.25, 0.3) is 22.4 Å². The van der Waals surface area contributed by atoms with Crippen LogP contribution in [0.15, 0.2) is 78.9 Å². The van der Waals surface area contributed by atoms with Gasteiger partial charge in [-0.3, -0.25) is 14.9 Å². The van der Waals surface area contributed by atoms with Gasteiger partial charge in [0, 0.05) is 28.2 Å². The van der Waals surface area contributed by atoms with Crippen molar-refractivity contribution >= 4 is 35.0 Å². The lowest BCUT2D eigenvalue weighted by atomic mass is 9.72. The summed E-state index contributed by atoms with van der Waals surface area (Å²) in [5.74, 6) is -0.679. The van der Waals surface area contributed by atoms with Crippen molar-refractivity contribution in [3.05, 3.63) is 100 Å². The SMILES string of the molecule is Cn1c(C(=O)NC(=O)C2(c3ccccc3)CCNCC2)cc(-c2ccc(Cl)cc2Cl)c1-c1ccc(O)cc1. The maximum atomic E-state index is 13.7. The molecule has 2 amide bonds. The number of rotatable bonds is 5. The molecule has 0 unspecified atom stereocenters. The molecule has 3 N–H and O–H groups in total. The normalized spacial score (nSPS) is 14.7. The van der Waals surface area contributed by atoms with Crippen LogP contribution in [-0.4, -0.2) is 34.6 Å². The van der Waals surface area contributed by atoms with Crippen LogP contribution in [0, 0.1) is 0 Å². The first kappa shape index (κ1) is 26.0. The summed E-state index contributed by atoms with van der Waals surface area (Å²) in [6.45, 7) is 1.37. The van der Waals surface area contributed by atoms with E-state index < -0.39 is 11.3 Å². The summed E-state index contributed by atoms with van der Waals surface area (Å²) in [5.41, 5.74) is 3.30. The highest BCUT2D eigenvalue weighted by Crippen LogP contribution is 2.40. The molecule has 5 rings (SSSR count). The average Bonchev–Trinajstić information content (AvgIpc) is 3.26. The molecule has 1 aliphatic rings. The highest BCUT2D eigenvalue weighted by molar-refractivity contribution is 6.36. The van der Waals surface area contributed by atoms with Gasteiger partial charge in [-0.15, -0.1) is 0 Å². The summed E-state index contributed by atoms with van der Waals surface area (Å²) in [5, 5.41) is 16.8. The Morgan fingerprint density at radius 2 is 1.61 bits per heavy atom. The minimum Gasteiger partial charge on any atom is -0.508 e. The number of aromatic hydroxyl groups is 1. The largest absolute Gasteiger partial charge is 0.508 e. The zero-order valence-corrected chi connectivity index (χ0v) is 22.3. The van der Waals surface area contributed by atoms with Gasteiger partial charge >= 0.3 is 0 Å². The third kappa shape index (κ3) is 4.83. The molecule has 1 fully saturated rings. The third-order valence-electron chi connectivity index (χ3n) is 7.27. The monoisotopic (exact) mass is 547 g/mol. The average molecular weight is 548 g/mol. The fourth-order valence-corrected chi connectivity index (χ4v) is 5.76. The standard InChI is InChI=1S/C30H27Cl2N3O3/c1-35-26(28(37)34-29(38)30(13-15-33-16-14-30)20-5-3-2-4-6-20)18-24(23-12-9-21(31)17-25(23)32)27(35)19-7-10-22(36)11-8-19/h2-12,17-18,33,36H,13-16H2,1H3,(H,34,37,38). The topological polar surface area (TPSA) is 83.4 Å². The lowest BCUT2D eigenvalue weighted by Crippen LogP contribution is -2.52. The number of amides is 2. The van der Waals surface area contributed by atoms with Crippen molar-refractivity contribution in [3.8, 4) is 28.1 Å². The van der Waals surface area contributed by atoms with E-state index in [9.17, 15) is 14.7 Å². The quantitative estimate of drug-likeness (QED) is 0.269. The molecule has 0 spiro atoms. The van der Waals surface area contributed by atoms with Gasteiger partial charge in [0.1, 0.15) is 11.4 Å². The molecular weight excluding hydrogens is 521 g/mol. The Kier molecular flexibility index (Phi) is 7.30.